The molecule has 21 heavy (non-hydrogen) atoms. The number of rotatable bonds is 4. The van der Waals surface area contributed by atoms with E-state index < -0.39 is 11.9 Å². The molecule has 1 amide bonds. The lowest BCUT2D eigenvalue weighted by atomic mass is 9.97. The van der Waals surface area contributed by atoms with Crippen molar-refractivity contribution >= 4 is 11.9 Å². The molecule has 2 rings (SSSR count). The summed E-state index contributed by atoms with van der Waals surface area (Å²) >= 11 is 0. The van der Waals surface area contributed by atoms with Crippen LogP contribution in [0, 0.1) is 12.8 Å². The summed E-state index contributed by atoms with van der Waals surface area (Å²) in [4.78, 5) is 25.1. The SMILES string of the molecule is COc1ccc(C)cc1CC(=O)N1CCCC(C(=O)O)C1. The Kier molecular flexibility index (Phi) is 4.83. The Morgan fingerprint density at radius 2 is 2.19 bits per heavy atom. The molecule has 1 unspecified atom stereocenters. The van der Waals surface area contributed by atoms with Gasteiger partial charge in [-0.3, -0.25) is 9.59 Å². The van der Waals surface area contributed by atoms with Gasteiger partial charge in [0.2, 0.25) is 5.91 Å². The van der Waals surface area contributed by atoms with Crippen LogP contribution >= 0.6 is 0 Å². The molecule has 5 nitrogen and oxygen atoms in total. The molecular weight excluding hydrogens is 270 g/mol. The Hall–Kier alpha value is -2.04. The van der Waals surface area contributed by atoms with Gasteiger partial charge in [0.1, 0.15) is 5.75 Å². The molecule has 1 atom stereocenters. The molecular formula is C16H21NO4. The largest absolute Gasteiger partial charge is 0.496 e. The van der Waals surface area contributed by atoms with Crippen LogP contribution < -0.4 is 4.74 Å². The summed E-state index contributed by atoms with van der Waals surface area (Å²) in [5.74, 6) is -0.603. The van der Waals surface area contributed by atoms with Gasteiger partial charge in [-0.05, 0) is 25.8 Å². The van der Waals surface area contributed by atoms with Crippen LogP contribution in [0.25, 0.3) is 0 Å². The fraction of sp³-hybridized carbons (Fsp3) is 0.500. The van der Waals surface area contributed by atoms with Gasteiger partial charge in [-0.1, -0.05) is 17.7 Å². The number of nitrogens with zero attached hydrogens (tertiary/aromatic N) is 1. The van der Waals surface area contributed by atoms with Crippen LogP contribution in [-0.4, -0.2) is 42.1 Å². The Labute approximate surface area is 124 Å². The number of benzene rings is 1. The summed E-state index contributed by atoms with van der Waals surface area (Å²) in [5.41, 5.74) is 1.92. The van der Waals surface area contributed by atoms with Crippen LogP contribution in [0.4, 0.5) is 0 Å². The zero-order chi connectivity index (χ0) is 15.4. The maximum Gasteiger partial charge on any atom is 0.308 e. The lowest BCUT2D eigenvalue weighted by Crippen LogP contribution is -2.43. The number of ether oxygens (including phenoxy) is 1. The normalized spacial score (nSPS) is 18.4. The van der Waals surface area contributed by atoms with E-state index in [9.17, 15) is 9.59 Å². The molecule has 1 aromatic rings. The molecule has 0 aromatic heterocycles. The highest BCUT2D eigenvalue weighted by Gasteiger charge is 2.28. The summed E-state index contributed by atoms with van der Waals surface area (Å²) in [7, 11) is 1.58. The molecule has 0 aliphatic carbocycles. The number of piperidine rings is 1. The van der Waals surface area contributed by atoms with Crippen molar-refractivity contribution in [3.8, 4) is 5.75 Å². The van der Waals surface area contributed by atoms with Gasteiger partial charge < -0.3 is 14.7 Å². The highest BCUT2D eigenvalue weighted by atomic mass is 16.5. The van der Waals surface area contributed by atoms with Gasteiger partial charge in [0.15, 0.2) is 0 Å². The number of carboxylic acid groups (broad SMARTS) is 1. The summed E-state index contributed by atoms with van der Waals surface area (Å²) in [5, 5.41) is 9.09. The number of aliphatic carboxylic acids is 1. The van der Waals surface area contributed by atoms with Gasteiger partial charge in [0.05, 0.1) is 19.4 Å². The second-order valence-electron chi connectivity index (χ2n) is 5.51. The minimum Gasteiger partial charge on any atom is -0.496 e. The Morgan fingerprint density at radius 3 is 2.86 bits per heavy atom. The smallest absolute Gasteiger partial charge is 0.308 e. The van der Waals surface area contributed by atoms with Crippen LogP contribution in [0.2, 0.25) is 0 Å². The van der Waals surface area contributed by atoms with E-state index in [-0.39, 0.29) is 12.3 Å². The Balaban J connectivity index is 2.07. The molecule has 5 heteroatoms. The van der Waals surface area contributed by atoms with E-state index in [4.69, 9.17) is 9.84 Å². The first-order valence-electron chi connectivity index (χ1n) is 7.15. The van der Waals surface area contributed by atoms with Crippen LogP contribution in [-0.2, 0) is 16.0 Å². The summed E-state index contributed by atoms with van der Waals surface area (Å²) in [6.45, 7) is 2.91. The number of hydrogen-bond acceptors (Lipinski definition) is 3. The quantitative estimate of drug-likeness (QED) is 0.919. The predicted octanol–water partition coefficient (Wildman–Crippen LogP) is 1.87. The monoisotopic (exact) mass is 291 g/mol. The van der Waals surface area contributed by atoms with E-state index in [0.29, 0.717) is 25.3 Å². The Bertz CT molecular complexity index is 541. The first-order chi connectivity index (χ1) is 10.0. The van der Waals surface area contributed by atoms with Crippen molar-refractivity contribution in [2.45, 2.75) is 26.2 Å². The number of hydrogen-bond donors (Lipinski definition) is 1. The molecule has 1 fully saturated rings. The topological polar surface area (TPSA) is 66.8 Å². The molecule has 0 saturated carbocycles. The third kappa shape index (κ3) is 3.74. The Morgan fingerprint density at radius 1 is 1.43 bits per heavy atom. The van der Waals surface area contributed by atoms with Crippen molar-refractivity contribution in [1.29, 1.82) is 0 Å². The van der Waals surface area contributed by atoms with Crippen LogP contribution in [0.1, 0.15) is 24.0 Å². The number of carbonyl (C=O) groups is 2. The van der Waals surface area contributed by atoms with Crippen LogP contribution in [0.5, 0.6) is 5.75 Å². The molecule has 114 valence electrons. The third-order valence-electron chi connectivity index (χ3n) is 3.90. The second kappa shape index (κ2) is 6.61. The molecule has 0 radical (unpaired) electrons. The fourth-order valence-corrected chi connectivity index (χ4v) is 2.73. The van der Waals surface area contributed by atoms with E-state index in [2.05, 4.69) is 0 Å². The van der Waals surface area contributed by atoms with Gasteiger partial charge in [0.25, 0.3) is 0 Å². The van der Waals surface area contributed by atoms with Gasteiger partial charge in [-0.2, -0.15) is 0 Å². The first-order valence-corrected chi connectivity index (χ1v) is 7.15. The lowest BCUT2D eigenvalue weighted by Gasteiger charge is -2.31. The molecule has 1 N–H and O–H groups in total. The van der Waals surface area contributed by atoms with Crippen molar-refractivity contribution in [2.75, 3.05) is 20.2 Å². The minimum absolute atomic E-state index is 0.0372. The third-order valence-corrected chi connectivity index (χ3v) is 3.90. The van der Waals surface area contributed by atoms with Crippen molar-refractivity contribution in [3.05, 3.63) is 29.3 Å². The van der Waals surface area contributed by atoms with Crippen molar-refractivity contribution in [2.24, 2.45) is 5.92 Å². The van der Waals surface area contributed by atoms with Crippen molar-refractivity contribution in [1.82, 2.24) is 4.90 Å². The van der Waals surface area contributed by atoms with Gasteiger partial charge in [-0.25, -0.2) is 0 Å². The highest BCUT2D eigenvalue weighted by Crippen LogP contribution is 2.22. The molecule has 1 saturated heterocycles. The lowest BCUT2D eigenvalue weighted by molar-refractivity contribution is -0.145. The minimum atomic E-state index is -0.819. The van der Waals surface area contributed by atoms with Crippen molar-refractivity contribution < 1.29 is 19.4 Å². The predicted molar refractivity (Wildman–Crippen MR) is 78.4 cm³/mol. The number of likely N-dealkylation sites (tertiary alicyclic amines) is 1. The maximum atomic E-state index is 12.4. The average molecular weight is 291 g/mol. The number of carbonyl (C=O) groups excluding carboxylic acids is 1. The fourth-order valence-electron chi connectivity index (χ4n) is 2.73. The van der Waals surface area contributed by atoms with E-state index >= 15 is 0 Å². The molecule has 0 bridgehead atoms. The number of carboxylic acids is 1. The zero-order valence-corrected chi connectivity index (χ0v) is 12.5. The zero-order valence-electron chi connectivity index (χ0n) is 12.5. The van der Waals surface area contributed by atoms with Gasteiger partial charge in [0, 0.05) is 18.7 Å². The maximum absolute atomic E-state index is 12.4. The molecule has 0 spiro atoms. The highest BCUT2D eigenvalue weighted by molar-refractivity contribution is 5.80. The van der Waals surface area contributed by atoms with E-state index in [1.807, 2.05) is 25.1 Å². The van der Waals surface area contributed by atoms with E-state index in [1.165, 1.54) is 0 Å². The first kappa shape index (κ1) is 15.4. The second-order valence-corrected chi connectivity index (χ2v) is 5.51. The van der Waals surface area contributed by atoms with Crippen LogP contribution in [0.3, 0.4) is 0 Å². The molecule has 1 heterocycles. The number of amides is 1. The molecule has 1 aromatic carbocycles. The van der Waals surface area contributed by atoms with E-state index in [0.717, 1.165) is 17.5 Å². The average Bonchev–Trinajstić information content (AvgIpc) is 2.47. The summed E-state index contributed by atoms with van der Waals surface area (Å²) in [6, 6.07) is 5.73. The number of aryl methyl sites for hydroxylation is 1. The summed E-state index contributed by atoms with van der Waals surface area (Å²) < 4.78 is 5.28. The van der Waals surface area contributed by atoms with Crippen LogP contribution in [0.15, 0.2) is 18.2 Å². The van der Waals surface area contributed by atoms with Gasteiger partial charge >= 0.3 is 5.97 Å². The van der Waals surface area contributed by atoms with Crippen molar-refractivity contribution in [3.63, 3.8) is 0 Å². The standard InChI is InChI=1S/C16H21NO4/c1-11-5-6-14(21-2)13(8-11)9-15(18)17-7-3-4-12(10-17)16(19)20/h5-6,8,12H,3-4,7,9-10H2,1-2H3,(H,19,20). The number of methoxy groups -OCH3 is 1. The van der Waals surface area contributed by atoms with Gasteiger partial charge in [-0.15, -0.1) is 0 Å². The summed E-state index contributed by atoms with van der Waals surface area (Å²) in [6.07, 6.45) is 1.64. The van der Waals surface area contributed by atoms with E-state index in [1.54, 1.807) is 12.0 Å². The molecule has 1 aliphatic rings. The molecule has 1 aliphatic heterocycles.